The summed E-state index contributed by atoms with van der Waals surface area (Å²) < 4.78 is 59.0. The molecule has 1 radical (unpaired) electrons. The molecule has 0 saturated carbocycles. The molecule has 0 fully saturated rings. The third kappa shape index (κ3) is 4.54. The van der Waals surface area contributed by atoms with Gasteiger partial charge in [-0.05, 0) is 9.13 Å². The van der Waals surface area contributed by atoms with Crippen LogP contribution >= 0.6 is 22.6 Å². The third-order valence-corrected chi connectivity index (χ3v) is 3.64. The maximum Gasteiger partial charge on any atom is 0.256 e. The van der Waals surface area contributed by atoms with Gasteiger partial charge in [0.15, 0.2) is 0 Å². The van der Waals surface area contributed by atoms with Gasteiger partial charge in [-0.25, -0.2) is 17.6 Å². The van der Waals surface area contributed by atoms with Gasteiger partial charge in [0, 0.05) is 44.8 Å². The predicted molar refractivity (Wildman–Crippen MR) is 80.2 cm³/mol. The maximum atomic E-state index is 14.1. The number of rotatable bonds is 4. The maximum absolute atomic E-state index is 14.1. The SMILES string of the molecule is COc1cc(F)c(-c2[c-]cc(I)c(=O)n2CC(F)F)c(F)c1.[Y]. The molecule has 0 amide bonds. The third-order valence-electron chi connectivity index (χ3n) is 2.86. The molecule has 3 nitrogen and oxygen atoms in total. The summed E-state index contributed by atoms with van der Waals surface area (Å²) in [5, 5.41) is 0. The fourth-order valence-electron chi connectivity index (χ4n) is 1.92. The monoisotopic (exact) mass is 515 g/mol. The van der Waals surface area contributed by atoms with E-state index in [1.54, 1.807) is 22.6 Å². The Morgan fingerprint density at radius 2 is 1.87 bits per heavy atom. The van der Waals surface area contributed by atoms with Crippen LogP contribution in [0.2, 0.25) is 0 Å². The van der Waals surface area contributed by atoms with Gasteiger partial charge >= 0.3 is 0 Å². The minimum atomic E-state index is -2.85. The van der Waals surface area contributed by atoms with Gasteiger partial charge in [-0.15, -0.1) is 22.6 Å². The minimum Gasteiger partial charge on any atom is -0.497 e. The summed E-state index contributed by atoms with van der Waals surface area (Å²) >= 11 is 1.64. The molecule has 0 saturated heterocycles. The molecule has 0 spiro atoms. The smallest absolute Gasteiger partial charge is 0.256 e. The van der Waals surface area contributed by atoms with E-state index < -0.39 is 35.7 Å². The van der Waals surface area contributed by atoms with Crippen LogP contribution in [-0.4, -0.2) is 18.1 Å². The fourth-order valence-corrected chi connectivity index (χ4v) is 2.36. The summed E-state index contributed by atoms with van der Waals surface area (Å²) in [5.41, 5.74) is -1.73. The van der Waals surface area contributed by atoms with E-state index in [4.69, 9.17) is 4.74 Å². The number of benzene rings is 1. The quantitative estimate of drug-likeness (QED) is 0.355. The van der Waals surface area contributed by atoms with Crippen molar-refractivity contribution < 1.29 is 55.0 Å². The molecule has 1 aromatic carbocycles. The van der Waals surface area contributed by atoms with Crippen molar-refractivity contribution in [3.8, 4) is 17.0 Å². The Balaban J connectivity index is 0.00000264. The predicted octanol–water partition coefficient (Wildman–Crippen LogP) is 3.47. The number of hydrogen-bond donors (Lipinski definition) is 0. The molecule has 9 heteroatoms. The van der Waals surface area contributed by atoms with Crippen molar-refractivity contribution in [1.82, 2.24) is 4.57 Å². The average Bonchev–Trinajstić information content (AvgIpc) is 2.44. The Morgan fingerprint density at radius 1 is 1.30 bits per heavy atom. The molecule has 2 rings (SSSR count). The summed E-state index contributed by atoms with van der Waals surface area (Å²) in [6, 6.07) is 5.49. The van der Waals surface area contributed by atoms with Crippen LogP contribution in [0.4, 0.5) is 17.6 Å². The second kappa shape index (κ2) is 8.57. The van der Waals surface area contributed by atoms with Crippen molar-refractivity contribution in [2.24, 2.45) is 0 Å². The second-order valence-corrected chi connectivity index (χ2v) is 5.42. The molecule has 23 heavy (non-hydrogen) atoms. The molecule has 121 valence electrons. The molecule has 2 aromatic rings. The van der Waals surface area contributed by atoms with Crippen molar-refractivity contribution >= 4 is 22.6 Å². The van der Waals surface area contributed by atoms with Gasteiger partial charge in [-0.1, -0.05) is 5.69 Å². The first kappa shape index (κ1) is 20.6. The van der Waals surface area contributed by atoms with E-state index in [-0.39, 0.29) is 47.7 Å². The number of ether oxygens (including phenoxy) is 1. The van der Waals surface area contributed by atoms with E-state index >= 15 is 0 Å². The van der Waals surface area contributed by atoms with Crippen LogP contribution in [0.5, 0.6) is 5.75 Å². The zero-order chi connectivity index (χ0) is 16.4. The van der Waals surface area contributed by atoms with Crippen molar-refractivity contribution in [2.75, 3.05) is 7.11 Å². The molecule has 0 aliphatic carbocycles. The van der Waals surface area contributed by atoms with Crippen molar-refractivity contribution in [3.05, 3.63) is 49.8 Å². The molecule has 0 aliphatic rings. The van der Waals surface area contributed by atoms with Gasteiger partial charge in [0.2, 0.25) is 5.56 Å². The Kier molecular flexibility index (Phi) is 7.66. The Bertz CT molecular complexity index is 744. The molecular weight excluding hydrogens is 506 g/mol. The molecule has 0 bridgehead atoms. The van der Waals surface area contributed by atoms with Gasteiger partial charge < -0.3 is 9.30 Å². The Morgan fingerprint density at radius 3 is 2.35 bits per heavy atom. The molecule has 0 N–H and O–H groups in total. The topological polar surface area (TPSA) is 31.2 Å². The van der Waals surface area contributed by atoms with Crippen LogP contribution in [0.3, 0.4) is 0 Å². The number of alkyl halides is 2. The molecule has 1 heterocycles. The van der Waals surface area contributed by atoms with Gasteiger partial charge in [0.25, 0.3) is 6.43 Å². The van der Waals surface area contributed by atoms with Gasteiger partial charge in [-0.2, -0.15) is 12.1 Å². The van der Waals surface area contributed by atoms with E-state index in [9.17, 15) is 22.4 Å². The minimum absolute atomic E-state index is 0. The normalized spacial score (nSPS) is 10.6. The number of nitrogens with zero attached hydrogens (tertiary/aromatic N) is 1. The number of hydrogen-bond acceptors (Lipinski definition) is 2. The second-order valence-electron chi connectivity index (χ2n) is 4.26. The number of pyridine rings is 1. The number of methoxy groups -OCH3 is 1. The Hall–Kier alpha value is -0.476. The first-order valence-corrected chi connectivity index (χ1v) is 7.05. The van der Waals surface area contributed by atoms with Crippen LogP contribution in [0.15, 0.2) is 23.0 Å². The summed E-state index contributed by atoms with van der Waals surface area (Å²) in [7, 11) is 1.23. The van der Waals surface area contributed by atoms with Gasteiger partial charge in [0.05, 0.1) is 25.3 Å². The zero-order valence-electron chi connectivity index (χ0n) is 11.7. The summed E-state index contributed by atoms with van der Waals surface area (Å²) in [6.07, 6.45) is -2.85. The first-order chi connectivity index (χ1) is 10.3. The molecule has 1 aromatic heterocycles. The van der Waals surface area contributed by atoms with Crippen LogP contribution < -0.4 is 10.3 Å². The van der Waals surface area contributed by atoms with Crippen molar-refractivity contribution in [2.45, 2.75) is 13.0 Å². The van der Waals surface area contributed by atoms with Crippen LogP contribution in [-0.2, 0) is 39.3 Å². The molecule has 0 atom stereocenters. The average molecular weight is 515 g/mol. The first-order valence-electron chi connectivity index (χ1n) is 5.97. The number of aromatic nitrogens is 1. The standard InChI is InChI=1S/C14H9F4INO2.Y/c1-22-7-4-8(15)13(9(16)5-7)11-3-2-10(19)14(21)20(11)6-12(17)18;/h2,4-5,12H,6H2,1H3;/q-1;. The van der Waals surface area contributed by atoms with Gasteiger partial charge in [0.1, 0.15) is 5.75 Å². The summed E-state index contributed by atoms with van der Waals surface area (Å²) in [6.45, 7) is -0.980. The zero-order valence-corrected chi connectivity index (χ0v) is 16.7. The largest absolute Gasteiger partial charge is 0.497 e. The van der Waals surface area contributed by atoms with Crippen LogP contribution in [0.1, 0.15) is 0 Å². The van der Waals surface area contributed by atoms with E-state index in [0.29, 0.717) is 4.57 Å². The Labute approximate surface area is 168 Å². The number of halogens is 5. The van der Waals surface area contributed by atoms with Crippen molar-refractivity contribution in [3.63, 3.8) is 0 Å². The molecular formula is C14H9F4INO2Y-. The molecule has 0 aliphatic heterocycles. The summed E-state index contributed by atoms with van der Waals surface area (Å²) in [5.74, 6) is -2.12. The van der Waals surface area contributed by atoms with Crippen LogP contribution in [0.25, 0.3) is 11.3 Å². The molecule has 0 unspecified atom stereocenters. The fraction of sp³-hybridized carbons (Fsp3) is 0.214. The van der Waals surface area contributed by atoms with E-state index in [1.807, 2.05) is 0 Å². The van der Waals surface area contributed by atoms with E-state index in [0.717, 1.165) is 12.1 Å². The van der Waals surface area contributed by atoms with Gasteiger partial charge in [-0.3, -0.25) is 4.79 Å². The van der Waals surface area contributed by atoms with E-state index in [1.165, 1.54) is 13.2 Å². The van der Waals surface area contributed by atoms with E-state index in [2.05, 4.69) is 6.07 Å². The van der Waals surface area contributed by atoms with Crippen LogP contribution in [0, 0.1) is 21.3 Å². The summed E-state index contributed by atoms with van der Waals surface area (Å²) in [4.78, 5) is 12.0. The van der Waals surface area contributed by atoms with Crippen molar-refractivity contribution in [1.29, 1.82) is 0 Å².